The summed E-state index contributed by atoms with van der Waals surface area (Å²) in [7, 11) is 0. The van der Waals surface area contributed by atoms with E-state index in [-0.39, 0.29) is 30.2 Å². The fourth-order valence-corrected chi connectivity index (χ4v) is 3.18. The van der Waals surface area contributed by atoms with Crippen molar-refractivity contribution in [3.8, 4) is 0 Å². The highest BCUT2D eigenvalue weighted by Crippen LogP contribution is 2.36. The number of benzene rings is 1. The van der Waals surface area contributed by atoms with E-state index in [1.807, 2.05) is 12.2 Å². The van der Waals surface area contributed by atoms with Crippen molar-refractivity contribution < 1.29 is 14.0 Å². The van der Waals surface area contributed by atoms with Gasteiger partial charge in [-0.05, 0) is 25.0 Å². The number of allylic oxidation sites excluding steroid dienone is 2. The average Bonchev–Trinajstić information content (AvgIpc) is 2.67. The molecule has 2 unspecified atom stereocenters. The number of carbonyl (C=O) groups excluding carboxylic acids is 2. The third-order valence-corrected chi connectivity index (χ3v) is 4.44. The minimum absolute atomic E-state index is 0.0176. The summed E-state index contributed by atoms with van der Waals surface area (Å²) >= 11 is 3.19. The third kappa shape index (κ3) is 2.20. The largest absolute Gasteiger partial charge is 0.277 e. The number of hydrogen-bond acceptors (Lipinski definition) is 2. The lowest BCUT2D eigenvalue weighted by Gasteiger charge is -2.15. The van der Waals surface area contributed by atoms with Crippen molar-refractivity contribution in [3.63, 3.8) is 0 Å². The van der Waals surface area contributed by atoms with E-state index in [2.05, 4.69) is 15.9 Å². The Kier molecular flexibility index (Phi) is 3.46. The van der Waals surface area contributed by atoms with Gasteiger partial charge in [0, 0.05) is 10.0 Å². The topological polar surface area (TPSA) is 37.4 Å². The van der Waals surface area contributed by atoms with Crippen LogP contribution in [-0.4, -0.2) is 16.7 Å². The number of rotatable bonds is 2. The molecule has 20 heavy (non-hydrogen) atoms. The predicted molar refractivity (Wildman–Crippen MR) is 75.0 cm³/mol. The smallest absolute Gasteiger partial charge is 0.233 e. The minimum atomic E-state index is -0.409. The Morgan fingerprint density at radius 3 is 2.30 bits per heavy atom. The summed E-state index contributed by atoms with van der Waals surface area (Å²) in [6.07, 6.45) is 5.09. The molecule has 1 aromatic carbocycles. The van der Waals surface area contributed by atoms with Gasteiger partial charge in [0.2, 0.25) is 11.8 Å². The van der Waals surface area contributed by atoms with Crippen LogP contribution < -0.4 is 0 Å². The number of halogens is 2. The molecule has 3 rings (SSSR count). The van der Waals surface area contributed by atoms with Gasteiger partial charge in [-0.3, -0.25) is 14.5 Å². The number of fused-ring (bicyclic) bond motifs is 1. The fourth-order valence-electron chi connectivity index (χ4n) is 2.85. The third-order valence-electron chi connectivity index (χ3n) is 3.94. The van der Waals surface area contributed by atoms with E-state index in [1.165, 1.54) is 11.0 Å². The Morgan fingerprint density at radius 1 is 1.15 bits per heavy atom. The molecule has 1 heterocycles. The second-order valence-corrected chi connectivity index (χ2v) is 6.07. The van der Waals surface area contributed by atoms with Gasteiger partial charge in [-0.1, -0.05) is 34.1 Å². The summed E-state index contributed by atoms with van der Waals surface area (Å²) in [6.45, 7) is 0.0176. The maximum atomic E-state index is 13.8. The molecule has 3 nitrogen and oxygen atoms in total. The predicted octanol–water partition coefficient (Wildman–Crippen LogP) is 3.04. The zero-order valence-electron chi connectivity index (χ0n) is 10.7. The molecule has 0 radical (unpaired) electrons. The maximum Gasteiger partial charge on any atom is 0.233 e. The van der Waals surface area contributed by atoms with E-state index in [0.29, 0.717) is 22.9 Å². The van der Waals surface area contributed by atoms with Crippen molar-refractivity contribution in [2.24, 2.45) is 11.8 Å². The lowest BCUT2D eigenvalue weighted by molar-refractivity contribution is -0.140. The van der Waals surface area contributed by atoms with Gasteiger partial charge in [-0.15, -0.1) is 0 Å². The SMILES string of the molecule is O=C1C2CC=CCC2C(=O)N1Cc1ccc(Br)cc1F. The molecule has 2 aliphatic rings. The highest BCUT2D eigenvalue weighted by molar-refractivity contribution is 9.10. The van der Waals surface area contributed by atoms with E-state index < -0.39 is 5.82 Å². The standard InChI is InChI=1S/C15H13BrFNO2/c16-10-6-5-9(13(17)7-10)8-18-14(19)11-3-1-2-4-12(11)15(18)20/h1-2,5-7,11-12H,3-4,8H2. The normalized spacial score (nSPS) is 25.2. The molecular weight excluding hydrogens is 325 g/mol. The molecule has 1 aliphatic heterocycles. The summed E-state index contributed by atoms with van der Waals surface area (Å²) in [5, 5.41) is 0. The fraction of sp³-hybridized carbons (Fsp3) is 0.333. The molecule has 5 heteroatoms. The van der Waals surface area contributed by atoms with Gasteiger partial charge in [0.15, 0.2) is 0 Å². The highest BCUT2D eigenvalue weighted by Gasteiger charge is 2.47. The lowest BCUT2D eigenvalue weighted by Crippen LogP contribution is -2.30. The van der Waals surface area contributed by atoms with Crippen LogP contribution in [0.2, 0.25) is 0 Å². The van der Waals surface area contributed by atoms with Gasteiger partial charge in [0.25, 0.3) is 0 Å². The van der Waals surface area contributed by atoms with E-state index in [4.69, 9.17) is 0 Å². The van der Waals surface area contributed by atoms with Gasteiger partial charge in [-0.2, -0.15) is 0 Å². The van der Waals surface area contributed by atoms with Crippen LogP contribution >= 0.6 is 15.9 Å². The van der Waals surface area contributed by atoms with Crippen LogP contribution in [0.15, 0.2) is 34.8 Å². The maximum absolute atomic E-state index is 13.8. The second kappa shape index (κ2) is 5.13. The Labute approximate surface area is 124 Å². The minimum Gasteiger partial charge on any atom is -0.277 e. The number of hydrogen-bond donors (Lipinski definition) is 0. The molecule has 104 valence electrons. The molecule has 0 bridgehead atoms. The van der Waals surface area contributed by atoms with Crippen LogP contribution in [0.1, 0.15) is 18.4 Å². The van der Waals surface area contributed by atoms with Crippen LogP contribution in [0.3, 0.4) is 0 Å². The van der Waals surface area contributed by atoms with Crippen LogP contribution in [-0.2, 0) is 16.1 Å². The summed E-state index contributed by atoms with van der Waals surface area (Å²) in [5.41, 5.74) is 0.363. The van der Waals surface area contributed by atoms with Crippen molar-refractivity contribution in [2.75, 3.05) is 0 Å². The molecule has 2 amide bonds. The number of amides is 2. The summed E-state index contributed by atoms with van der Waals surface area (Å²) in [6, 6.07) is 4.65. The van der Waals surface area contributed by atoms with E-state index in [0.717, 1.165) is 0 Å². The Morgan fingerprint density at radius 2 is 1.75 bits per heavy atom. The first-order valence-corrected chi connectivity index (χ1v) is 7.31. The van der Waals surface area contributed by atoms with Gasteiger partial charge in [0.1, 0.15) is 5.82 Å². The lowest BCUT2D eigenvalue weighted by atomic mass is 9.85. The van der Waals surface area contributed by atoms with Crippen LogP contribution in [0.4, 0.5) is 4.39 Å². The number of nitrogens with zero attached hydrogens (tertiary/aromatic N) is 1. The molecule has 1 aliphatic carbocycles. The number of imide groups is 1. The zero-order valence-corrected chi connectivity index (χ0v) is 12.3. The van der Waals surface area contributed by atoms with Crippen LogP contribution in [0.5, 0.6) is 0 Å². The monoisotopic (exact) mass is 337 g/mol. The molecule has 2 atom stereocenters. The van der Waals surface area contributed by atoms with Crippen molar-refractivity contribution in [2.45, 2.75) is 19.4 Å². The summed E-state index contributed by atoms with van der Waals surface area (Å²) in [5.74, 6) is -1.27. The number of likely N-dealkylation sites (tertiary alicyclic amines) is 1. The van der Waals surface area contributed by atoms with Crippen molar-refractivity contribution in [3.05, 3.63) is 46.2 Å². The van der Waals surface area contributed by atoms with Crippen LogP contribution in [0.25, 0.3) is 0 Å². The molecule has 0 aromatic heterocycles. The molecule has 0 spiro atoms. The summed E-state index contributed by atoms with van der Waals surface area (Å²) in [4.78, 5) is 25.7. The van der Waals surface area contributed by atoms with Gasteiger partial charge in [-0.25, -0.2) is 4.39 Å². The molecule has 1 aromatic rings. The van der Waals surface area contributed by atoms with Crippen molar-refractivity contribution >= 4 is 27.7 Å². The van der Waals surface area contributed by atoms with Crippen molar-refractivity contribution in [1.29, 1.82) is 0 Å². The first-order chi connectivity index (χ1) is 9.58. The Bertz CT molecular complexity index is 588. The molecule has 0 saturated carbocycles. The zero-order chi connectivity index (χ0) is 14.3. The average molecular weight is 338 g/mol. The Balaban J connectivity index is 1.84. The van der Waals surface area contributed by atoms with E-state index >= 15 is 0 Å². The quantitative estimate of drug-likeness (QED) is 0.614. The first-order valence-electron chi connectivity index (χ1n) is 6.52. The molecule has 1 saturated heterocycles. The molecule has 1 fully saturated rings. The van der Waals surface area contributed by atoms with Gasteiger partial charge >= 0.3 is 0 Å². The first kappa shape index (κ1) is 13.5. The molecular formula is C15H13BrFNO2. The van der Waals surface area contributed by atoms with Crippen LogP contribution in [0, 0.1) is 17.7 Å². The van der Waals surface area contributed by atoms with Crippen molar-refractivity contribution in [1.82, 2.24) is 4.90 Å². The van der Waals surface area contributed by atoms with Gasteiger partial charge < -0.3 is 0 Å². The highest BCUT2D eigenvalue weighted by atomic mass is 79.9. The molecule has 0 N–H and O–H groups in total. The Hall–Kier alpha value is -1.49. The summed E-state index contributed by atoms with van der Waals surface area (Å²) < 4.78 is 14.5. The van der Waals surface area contributed by atoms with E-state index in [1.54, 1.807) is 12.1 Å². The second-order valence-electron chi connectivity index (χ2n) is 5.15. The van der Waals surface area contributed by atoms with E-state index in [9.17, 15) is 14.0 Å². The number of carbonyl (C=O) groups is 2. The van der Waals surface area contributed by atoms with Gasteiger partial charge in [0.05, 0.1) is 18.4 Å².